The summed E-state index contributed by atoms with van der Waals surface area (Å²) in [7, 11) is 1.27. The van der Waals surface area contributed by atoms with Crippen molar-refractivity contribution in [3.05, 3.63) is 47.4 Å². The van der Waals surface area contributed by atoms with Crippen molar-refractivity contribution < 1.29 is 14.3 Å². The summed E-state index contributed by atoms with van der Waals surface area (Å²) in [5, 5.41) is 8.86. The fourth-order valence-corrected chi connectivity index (χ4v) is 1.47. The number of benzene rings is 1. The van der Waals surface area contributed by atoms with Crippen LogP contribution in [0.5, 0.6) is 11.6 Å². The van der Waals surface area contributed by atoms with E-state index in [0.29, 0.717) is 11.3 Å². The Kier molecular flexibility index (Phi) is 3.91. The van der Waals surface area contributed by atoms with Crippen molar-refractivity contribution in [2.24, 2.45) is 0 Å². The van der Waals surface area contributed by atoms with Crippen molar-refractivity contribution in [3.63, 3.8) is 0 Å². The molecule has 1 aromatic heterocycles. The first-order chi connectivity index (χ1) is 9.63. The van der Waals surface area contributed by atoms with Crippen LogP contribution in [0.3, 0.4) is 0 Å². The monoisotopic (exact) mass is 269 g/mol. The van der Waals surface area contributed by atoms with E-state index in [-0.39, 0.29) is 11.6 Å². The molecule has 100 valence electrons. The summed E-state index contributed by atoms with van der Waals surface area (Å²) in [4.78, 5) is 19.1. The highest BCUT2D eigenvalue weighted by Crippen LogP contribution is 2.24. The van der Waals surface area contributed by atoms with E-state index in [2.05, 4.69) is 14.7 Å². The molecule has 0 radical (unpaired) electrons. The maximum absolute atomic E-state index is 11.2. The number of hydrogen-bond acceptors (Lipinski definition) is 6. The maximum atomic E-state index is 11.2. The first kappa shape index (κ1) is 13.5. The fraction of sp³-hybridized carbons (Fsp3) is 0.143. The first-order valence-corrected chi connectivity index (χ1v) is 5.73. The lowest BCUT2D eigenvalue weighted by molar-refractivity contribution is 0.0593. The average Bonchev–Trinajstić information content (AvgIpc) is 2.49. The summed E-state index contributed by atoms with van der Waals surface area (Å²) in [5.41, 5.74) is 1.45. The second kappa shape index (κ2) is 5.80. The first-order valence-electron chi connectivity index (χ1n) is 5.73. The quantitative estimate of drug-likeness (QED) is 0.794. The van der Waals surface area contributed by atoms with Crippen molar-refractivity contribution >= 4 is 5.97 Å². The number of nitrogens with zero attached hydrogens (tertiary/aromatic N) is 3. The van der Waals surface area contributed by atoms with Crippen LogP contribution < -0.4 is 4.74 Å². The van der Waals surface area contributed by atoms with Gasteiger partial charge in [-0.3, -0.25) is 0 Å². The van der Waals surface area contributed by atoms with Crippen molar-refractivity contribution in [1.29, 1.82) is 5.26 Å². The summed E-state index contributed by atoms with van der Waals surface area (Å²) < 4.78 is 10.1. The highest BCUT2D eigenvalue weighted by Gasteiger charge is 2.09. The largest absolute Gasteiger partial charge is 0.464 e. The van der Waals surface area contributed by atoms with Gasteiger partial charge in [-0.2, -0.15) is 5.26 Å². The molecule has 2 rings (SSSR count). The lowest BCUT2D eigenvalue weighted by Gasteiger charge is -2.07. The third kappa shape index (κ3) is 2.90. The van der Waals surface area contributed by atoms with Gasteiger partial charge in [-0.25, -0.2) is 14.8 Å². The van der Waals surface area contributed by atoms with E-state index in [1.165, 1.54) is 19.5 Å². The molecule has 2 aromatic rings. The summed E-state index contributed by atoms with van der Waals surface area (Å²) in [6.45, 7) is 1.85. The van der Waals surface area contributed by atoms with E-state index in [1.54, 1.807) is 18.2 Å². The maximum Gasteiger partial charge on any atom is 0.358 e. The van der Waals surface area contributed by atoms with Crippen molar-refractivity contribution in [1.82, 2.24) is 9.97 Å². The van der Waals surface area contributed by atoms with Gasteiger partial charge in [0.25, 0.3) is 0 Å². The van der Waals surface area contributed by atoms with E-state index in [0.717, 1.165) is 5.56 Å². The molecule has 0 aliphatic rings. The third-order valence-electron chi connectivity index (χ3n) is 2.55. The van der Waals surface area contributed by atoms with Gasteiger partial charge in [-0.05, 0) is 24.6 Å². The Morgan fingerprint density at radius 2 is 2.10 bits per heavy atom. The number of esters is 1. The summed E-state index contributed by atoms with van der Waals surface area (Å²) in [5.74, 6) is 0.187. The molecule has 6 heteroatoms. The van der Waals surface area contributed by atoms with Gasteiger partial charge in [0.05, 0.1) is 31.1 Å². The zero-order chi connectivity index (χ0) is 14.5. The predicted octanol–water partition coefficient (Wildman–Crippen LogP) is 2.24. The molecule has 0 unspecified atom stereocenters. The van der Waals surface area contributed by atoms with Crippen LogP contribution in [0, 0.1) is 18.3 Å². The highest BCUT2D eigenvalue weighted by atomic mass is 16.5. The highest BCUT2D eigenvalue weighted by molar-refractivity contribution is 5.86. The molecule has 6 nitrogen and oxygen atoms in total. The van der Waals surface area contributed by atoms with Crippen LogP contribution >= 0.6 is 0 Å². The summed E-state index contributed by atoms with van der Waals surface area (Å²) in [6.07, 6.45) is 2.59. The van der Waals surface area contributed by atoms with Crippen LogP contribution in [0.4, 0.5) is 0 Å². The Morgan fingerprint density at radius 1 is 1.30 bits per heavy atom. The van der Waals surface area contributed by atoms with Gasteiger partial charge in [0.1, 0.15) is 5.75 Å². The van der Waals surface area contributed by atoms with Gasteiger partial charge >= 0.3 is 5.97 Å². The second-order valence-electron chi connectivity index (χ2n) is 3.93. The van der Waals surface area contributed by atoms with Crippen LogP contribution in [0.1, 0.15) is 21.6 Å². The van der Waals surface area contributed by atoms with Crippen molar-refractivity contribution in [3.8, 4) is 17.7 Å². The molecule has 0 aliphatic heterocycles. The summed E-state index contributed by atoms with van der Waals surface area (Å²) in [6, 6.07) is 7.14. The predicted molar refractivity (Wildman–Crippen MR) is 69.3 cm³/mol. The number of carbonyl (C=O) groups excluding carboxylic acids is 1. The van der Waals surface area contributed by atoms with Gasteiger partial charge in [-0.15, -0.1) is 0 Å². The van der Waals surface area contributed by atoms with E-state index < -0.39 is 5.97 Å². The molecular formula is C14H11N3O3. The lowest BCUT2D eigenvalue weighted by atomic mass is 10.1. The van der Waals surface area contributed by atoms with E-state index in [4.69, 9.17) is 10.00 Å². The number of aryl methyl sites for hydroxylation is 1. The normalized spacial score (nSPS) is 9.65. The molecule has 0 saturated carbocycles. The fourth-order valence-electron chi connectivity index (χ4n) is 1.47. The number of carbonyl (C=O) groups is 1. The van der Waals surface area contributed by atoms with E-state index in [1.807, 2.05) is 13.0 Å². The third-order valence-corrected chi connectivity index (χ3v) is 2.55. The minimum atomic E-state index is -0.563. The molecular weight excluding hydrogens is 258 g/mol. The molecule has 20 heavy (non-hydrogen) atoms. The molecule has 0 saturated heterocycles. The molecule has 0 amide bonds. The molecule has 0 fully saturated rings. The van der Waals surface area contributed by atoms with Gasteiger partial charge < -0.3 is 9.47 Å². The Hall–Kier alpha value is -2.94. The number of methoxy groups -OCH3 is 1. The van der Waals surface area contributed by atoms with Gasteiger partial charge in [-0.1, -0.05) is 6.07 Å². The zero-order valence-electron chi connectivity index (χ0n) is 11.0. The summed E-state index contributed by atoms with van der Waals surface area (Å²) >= 11 is 0. The number of rotatable bonds is 3. The van der Waals surface area contributed by atoms with E-state index in [9.17, 15) is 4.79 Å². The Labute approximate surface area is 115 Å². The van der Waals surface area contributed by atoms with Crippen molar-refractivity contribution in [2.75, 3.05) is 7.11 Å². The van der Waals surface area contributed by atoms with Crippen LogP contribution in [-0.2, 0) is 4.74 Å². The van der Waals surface area contributed by atoms with Crippen molar-refractivity contribution in [2.45, 2.75) is 6.92 Å². The molecule has 0 atom stereocenters. The standard InChI is InChI=1S/C14H11N3O3/c1-9-3-4-10(6-15)5-12(9)20-13-8-16-11(7-17-13)14(18)19-2/h3-5,7-8H,1-2H3. The topological polar surface area (TPSA) is 85.1 Å². The number of hydrogen-bond donors (Lipinski definition) is 0. The second-order valence-corrected chi connectivity index (χ2v) is 3.93. The Bertz CT molecular complexity index is 675. The van der Waals surface area contributed by atoms with Crippen LogP contribution in [-0.4, -0.2) is 23.0 Å². The lowest BCUT2D eigenvalue weighted by Crippen LogP contribution is -2.05. The molecule has 0 aliphatic carbocycles. The van der Waals surface area contributed by atoms with Crippen LogP contribution in [0.2, 0.25) is 0 Å². The molecule has 0 bridgehead atoms. The SMILES string of the molecule is COC(=O)c1cnc(Oc2cc(C#N)ccc2C)cn1. The molecule has 1 aromatic carbocycles. The smallest absolute Gasteiger partial charge is 0.358 e. The van der Waals surface area contributed by atoms with Gasteiger partial charge in [0, 0.05) is 0 Å². The molecule has 0 spiro atoms. The van der Waals surface area contributed by atoms with Gasteiger partial charge in [0.15, 0.2) is 5.69 Å². The van der Waals surface area contributed by atoms with Gasteiger partial charge in [0.2, 0.25) is 5.88 Å². The Morgan fingerprint density at radius 3 is 2.70 bits per heavy atom. The Balaban J connectivity index is 2.22. The molecule has 1 heterocycles. The van der Waals surface area contributed by atoms with Crippen LogP contribution in [0.25, 0.3) is 0 Å². The zero-order valence-corrected chi connectivity index (χ0v) is 11.0. The minimum Gasteiger partial charge on any atom is -0.464 e. The van der Waals surface area contributed by atoms with E-state index >= 15 is 0 Å². The average molecular weight is 269 g/mol. The number of aromatic nitrogens is 2. The number of nitriles is 1. The minimum absolute atomic E-state index is 0.0994. The molecule has 0 N–H and O–H groups in total. The van der Waals surface area contributed by atoms with Crippen LogP contribution in [0.15, 0.2) is 30.6 Å². The number of ether oxygens (including phenoxy) is 2.